The predicted molar refractivity (Wildman–Crippen MR) is 45.6 cm³/mol. The second-order valence-electron chi connectivity index (χ2n) is 3.38. The summed E-state index contributed by atoms with van der Waals surface area (Å²) in [6, 6.07) is 0. The van der Waals surface area contributed by atoms with Crippen LogP contribution in [0.15, 0.2) is 0 Å². The third kappa shape index (κ3) is 2.61. The van der Waals surface area contributed by atoms with Crippen LogP contribution in [0.2, 0.25) is 0 Å². The van der Waals surface area contributed by atoms with Crippen LogP contribution < -0.4 is 0 Å². The van der Waals surface area contributed by atoms with Crippen LogP contribution in [-0.4, -0.2) is 69.0 Å². The Morgan fingerprint density at radius 1 is 1.13 bits per heavy atom. The average Bonchev–Trinajstić information content (AvgIpc) is 2.18. The first-order valence-electron chi connectivity index (χ1n) is 4.39. The molecule has 0 spiro atoms. The molecule has 4 N–H and O–H groups in total. The minimum absolute atomic E-state index is 0.584. The lowest BCUT2D eigenvalue weighted by Gasteiger charge is -2.38. The quantitative estimate of drug-likeness (QED) is 0.298. The summed E-state index contributed by atoms with van der Waals surface area (Å²) in [7, 11) is 0. The summed E-state index contributed by atoms with van der Waals surface area (Å²) in [5.74, 6) is 0. The maximum Gasteiger partial charge on any atom is 0.232 e. The first-order chi connectivity index (χ1) is 6.97. The van der Waals surface area contributed by atoms with Gasteiger partial charge in [0.15, 0.2) is 6.10 Å². The molecule has 0 aromatic rings. The molecular formula is C7H13NO7. The molecule has 5 atom stereocenters. The molecule has 0 aliphatic carbocycles. The first-order valence-corrected chi connectivity index (χ1v) is 4.39. The fourth-order valence-electron chi connectivity index (χ4n) is 1.48. The molecule has 0 bridgehead atoms. The van der Waals surface area contributed by atoms with Gasteiger partial charge in [0.05, 0.1) is 6.61 Å². The summed E-state index contributed by atoms with van der Waals surface area (Å²) in [5, 5.41) is 46.9. The van der Waals surface area contributed by atoms with Crippen LogP contribution in [0.25, 0.3) is 0 Å². The molecule has 88 valence electrons. The average molecular weight is 223 g/mol. The van der Waals surface area contributed by atoms with Crippen molar-refractivity contribution in [3.63, 3.8) is 0 Å². The second-order valence-corrected chi connectivity index (χ2v) is 3.38. The SMILES string of the molecule is O=[N+]([O-])C[C@H]1O[C@H](CO)[C@H](O)[C@H](O)[C@H]1O. The Morgan fingerprint density at radius 2 is 1.67 bits per heavy atom. The molecule has 0 radical (unpaired) electrons. The van der Waals surface area contributed by atoms with E-state index in [0.717, 1.165) is 0 Å². The fraction of sp³-hybridized carbons (Fsp3) is 1.00. The van der Waals surface area contributed by atoms with E-state index < -0.39 is 48.6 Å². The van der Waals surface area contributed by atoms with E-state index in [9.17, 15) is 25.4 Å². The summed E-state index contributed by atoms with van der Waals surface area (Å²) in [5.41, 5.74) is 0. The summed E-state index contributed by atoms with van der Waals surface area (Å²) in [6.07, 6.45) is -6.88. The molecule has 1 aliphatic rings. The highest BCUT2D eigenvalue weighted by atomic mass is 16.6. The lowest BCUT2D eigenvalue weighted by Crippen LogP contribution is -2.60. The Morgan fingerprint density at radius 3 is 2.13 bits per heavy atom. The first kappa shape index (κ1) is 12.3. The zero-order valence-electron chi connectivity index (χ0n) is 7.76. The molecule has 15 heavy (non-hydrogen) atoms. The van der Waals surface area contributed by atoms with Crippen LogP contribution >= 0.6 is 0 Å². The van der Waals surface area contributed by atoms with E-state index in [0.29, 0.717) is 0 Å². The van der Waals surface area contributed by atoms with Gasteiger partial charge >= 0.3 is 0 Å². The highest BCUT2D eigenvalue weighted by Crippen LogP contribution is 2.21. The summed E-state index contributed by atoms with van der Waals surface area (Å²) < 4.78 is 4.89. The largest absolute Gasteiger partial charge is 0.394 e. The minimum Gasteiger partial charge on any atom is -0.394 e. The van der Waals surface area contributed by atoms with Crippen molar-refractivity contribution in [3.8, 4) is 0 Å². The summed E-state index contributed by atoms with van der Waals surface area (Å²) in [4.78, 5) is 9.50. The van der Waals surface area contributed by atoms with Crippen LogP contribution in [-0.2, 0) is 4.74 Å². The number of ether oxygens (including phenoxy) is 1. The normalized spacial score (nSPS) is 41.5. The number of nitrogens with zero attached hydrogens (tertiary/aromatic N) is 1. The van der Waals surface area contributed by atoms with E-state index in [2.05, 4.69) is 0 Å². The minimum atomic E-state index is -1.55. The van der Waals surface area contributed by atoms with Gasteiger partial charge in [-0.15, -0.1) is 0 Å². The zero-order chi connectivity index (χ0) is 11.6. The number of aliphatic hydroxyl groups is 4. The van der Waals surface area contributed by atoms with Crippen molar-refractivity contribution in [3.05, 3.63) is 10.1 Å². The van der Waals surface area contributed by atoms with Crippen molar-refractivity contribution in [1.29, 1.82) is 0 Å². The van der Waals surface area contributed by atoms with Crippen LogP contribution in [0.1, 0.15) is 0 Å². The van der Waals surface area contributed by atoms with E-state index in [1.54, 1.807) is 0 Å². The van der Waals surface area contributed by atoms with Crippen molar-refractivity contribution in [1.82, 2.24) is 0 Å². The number of rotatable bonds is 3. The van der Waals surface area contributed by atoms with Crippen LogP contribution in [0.4, 0.5) is 0 Å². The van der Waals surface area contributed by atoms with E-state index in [1.807, 2.05) is 0 Å². The lowest BCUT2D eigenvalue weighted by molar-refractivity contribution is -0.499. The molecule has 0 aromatic heterocycles. The van der Waals surface area contributed by atoms with Gasteiger partial charge in [0.1, 0.15) is 24.4 Å². The Balaban J connectivity index is 2.69. The standard InChI is InChI=1S/C7H13NO7/c9-2-4-6(11)7(12)5(10)3(15-4)1-8(13)14/h3-7,9-12H,1-2H2/t3-,4-,5+,6+,7-/m1/s1. The number of nitro groups is 1. The van der Waals surface area contributed by atoms with Gasteiger partial charge in [-0.25, -0.2) is 0 Å². The molecule has 0 saturated carbocycles. The van der Waals surface area contributed by atoms with Gasteiger partial charge in [-0.05, 0) is 0 Å². The highest BCUT2D eigenvalue weighted by Gasteiger charge is 2.45. The topological polar surface area (TPSA) is 133 Å². The summed E-state index contributed by atoms with van der Waals surface area (Å²) >= 11 is 0. The van der Waals surface area contributed by atoms with Crippen molar-refractivity contribution >= 4 is 0 Å². The third-order valence-electron chi connectivity index (χ3n) is 2.32. The molecule has 1 fully saturated rings. The molecule has 8 heteroatoms. The Hall–Kier alpha value is -0.800. The molecule has 1 saturated heterocycles. The molecule has 0 amide bonds. The van der Waals surface area contributed by atoms with Gasteiger partial charge in [0.2, 0.25) is 6.54 Å². The predicted octanol–water partition coefficient (Wildman–Crippen LogP) is -2.89. The van der Waals surface area contributed by atoms with Gasteiger partial charge < -0.3 is 25.2 Å². The number of aliphatic hydroxyl groups excluding tert-OH is 4. The molecule has 1 heterocycles. The fourth-order valence-corrected chi connectivity index (χ4v) is 1.48. The zero-order valence-corrected chi connectivity index (χ0v) is 7.76. The van der Waals surface area contributed by atoms with Crippen LogP contribution in [0, 0.1) is 10.1 Å². The smallest absolute Gasteiger partial charge is 0.232 e. The van der Waals surface area contributed by atoms with E-state index in [-0.39, 0.29) is 0 Å². The van der Waals surface area contributed by atoms with Gasteiger partial charge in [0, 0.05) is 4.92 Å². The monoisotopic (exact) mass is 223 g/mol. The molecule has 0 unspecified atom stereocenters. The maximum absolute atomic E-state index is 10.2. The van der Waals surface area contributed by atoms with Crippen LogP contribution in [0.3, 0.4) is 0 Å². The van der Waals surface area contributed by atoms with E-state index in [4.69, 9.17) is 9.84 Å². The molecule has 1 rings (SSSR count). The number of hydrogen-bond acceptors (Lipinski definition) is 7. The molecule has 0 aromatic carbocycles. The van der Waals surface area contributed by atoms with Crippen molar-refractivity contribution < 1.29 is 30.1 Å². The molecule has 8 nitrogen and oxygen atoms in total. The van der Waals surface area contributed by atoms with Gasteiger partial charge in [-0.2, -0.15) is 0 Å². The third-order valence-corrected chi connectivity index (χ3v) is 2.32. The Labute approximate surface area is 84.9 Å². The Kier molecular flexibility index (Phi) is 3.94. The Bertz CT molecular complexity index is 233. The van der Waals surface area contributed by atoms with E-state index >= 15 is 0 Å². The molecular weight excluding hydrogens is 210 g/mol. The van der Waals surface area contributed by atoms with Gasteiger partial charge in [-0.3, -0.25) is 10.1 Å². The van der Waals surface area contributed by atoms with E-state index in [1.165, 1.54) is 0 Å². The maximum atomic E-state index is 10.2. The van der Waals surface area contributed by atoms with Crippen molar-refractivity contribution in [2.24, 2.45) is 0 Å². The second kappa shape index (κ2) is 4.81. The molecule has 1 aliphatic heterocycles. The lowest BCUT2D eigenvalue weighted by atomic mass is 9.95. The van der Waals surface area contributed by atoms with Crippen molar-refractivity contribution in [2.75, 3.05) is 13.2 Å². The summed E-state index contributed by atoms with van der Waals surface area (Å²) in [6.45, 7) is -1.28. The highest BCUT2D eigenvalue weighted by molar-refractivity contribution is 4.91. The van der Waals surface area contributed by atoms with Crippen LogP contribution in [0.5, 0.6) is 0 Å². The van der Waals surface area contributed by atoms with Crippen molar-refractivity contribution in [2.45, 2.75) is 30.5 Å². The number of hydrogen-bond donors (Lipinski definition) is 4. The van der Waals surface area contributed by atoms with Gasteiger partial charge in [0.25, 0.3) is 0 Å². The van der Waals surface area contributed by atoms with Gasteiger partial charge in [-0.1, -0.05) is 0 Å².